The minimum atomic E-state index is -2.05. The van der Waals surface area contributed by atoms with Crippen molar-refractivity contribution in [1.29, 1.82) is 0 Å². The van der Waals surface area contributed by atoms with E-state index in [1.54, 1.807) is 13.3 Å². The normalized spacial score (nSPS) is 16.0. The van der Waals surface area contributed by atoms with Gasteiger partial charge in [0.1, 0.15) is 0 Å². The van der Waals surface area contributed by atoms with E-state index in [0.717, 1.165) is 0 Å². The van der Waals surface area contributed by atoms with Crippen LogP contribution in [-0.2, 0) is 0 Å². The van der Waals surface area contributed by atoms with Crippen LogP contribution >= 0.6 is 11.8 Å². The standard InChI is InChI=1S/C4H6NS.3C4H9.Sn/c1-5-2-3-6-4-5;3*1-3-4-2;/h2H,4H2,1H3;3*1,3-4H2,2H3;. The molecule has 0 unspecified atom stereocenters. The van der Waals surface area contributed by atoms with Crippen LogP contribution in [0.3, 0.4) is 0 Å². The van der Waals surface area contributed by atoms with E-state index < -0.39 is 18.4 Å². The van der Waals surface area contributed by atoms with Crippen molar-refractivity contribution in [3.05, 3.63) is 9.12 Å². The van der Waals surface area contributed by atoms with Gasteiger partial charge in [0, 0.05) is 0 Å². The van der Waals surface area contributed by atoms with Crippen molar-refractivity contribution in [3.8, 4) is 0 Å². The second kappa shape index (κ2) is 9.59. The number of nitrogens with zero attached hydrogens (tertiary/aromatic N) is 1. The first kappa shape index (κ1) is 17.7. The van der Waals surface area contributed by atoms with Crippen LogP contribution in [0.2, 0.25) is 13.3 Å². The second-order valence-electron chi connectivity index (χ2n) is 6.11. The van der Waals surface area contributed by atoms with Crippen LogP contribution in [0, 0.1) is 0 Å². The average Bonchev–Trinajstić information content (AvgIpc) is 2.85. The zero-order valence-electron chi connectivity index (χ0n) is 13.5. The summed E-state index contributed by atoms with van der Waals surface area (Å²) in [5.41, 5.74) is 0. The summed E-state index contributed by atoms with van der Waals surface area (Å²) in [6, 6.07) is 0. The zero-order chi connectivity index (χ0) is 14.1. The Morgan fingerprint density at radius 3 is 1.79 bits per heavy atom. The molecule has 1 heterocycles. The number of hydrogen-bond acceptors (Lipinski definition) is 2. The van der Waals surface area contributed by atoms with Gasteiger partial charge in [-0.05, 0) is 0 Å². The van der Waals surface area contributed by atoms with Crippen molar-refractivity contribution in [2.24, 2.45) is 0 Å². The topological polar surface area (TPSA) is 3.24 Å². The molecule has 0 aliphatic carbocycles. The van der Waals surface area contributed by atoms with Crippen molar-refractivity contribution in [3.63, 3.8) is 0 Å². The van der Waals surface area contributed by atoms with Gasteiger partial charge in [-0.3, -0.25) is 0 Å². The molecule has 0 aromatic rings. The third-order valence-electron chi connectivity index (χ3n) is 4.31. The van der Waals surface area contributed by atoms with Crippen molar-refractivity contribution in [1.82, 2.24) is 4.90 Å². The van der Waals surface area contributed by atoms with E-state index in [1.807, 2.05) is 2.92 Å². The first-order valence-corrected chi connectivity index (χ1v) is 16.7. The van der Waals surface area contributed by atoms with Crippen molar-refractivity contribution in [2.75, 3.05) is 12.9 Å². The molecule has 3 heteroatoms. The van der Waals surface area contributed by atoms with Crippen LogP contribution in [0.15, 0.2) is 9.12 Å². The first-order valence-electron chi connectivity index (χ1n) is 8.24. The molecule has 1 aliphatic rings. The van der Waals surface area contributed by atoms with Gasteiger partial charge in [-0.2, -0.15) is 0 Å². The molecule has 0 radical (unpaired) electrons. The summed E-state index contributed by atoms with van der Waals surface area (Å²) >= 11 is 0.143. The molecule has 0 spiro atoms. The number of thioether (sulfide) groups is 1. The Kier molecular flexibility index (Phi) is 8.96. The molecule has 0 atom stereocenters. The van der Waals surface area contributed by atoms with Crippen molar-refractivity contribution >= 4 is 30.1 Å². The molecule has 0 fully saturated rings. The molecule has 0 amide bonds. The third kappa shape index (κ3) is 5.53. The predicted molar refractivity (Wildman–Crippen MR) is 93.2 cm³/mol. The van der Waals surface area contributed by atoms with E-state index in [4.69, 9.17) is 0 Å². The molecule has 0 saturated heterocycles. The molecule has 0 bridgehead atoms. The second-order valence-corrected chi connectivity index (χ2v) is 21.3. The molecular formula is C16H33NSSn. The third-order valence-corrected chi connectivity index (χ3v) is 24.0. The number of hydrogen-bond donors (Lipinski definition) is 0. The Hall–Kier alpha value is 0.689. The Morgan fingerprint density at radius 1 is 1.00 bits per heavy atom. The van der Waals surface area contributed by atoms with E-state index in [0.29, 0.717) is 0 Å². The Balaban J connectivity index is 2.84. The van der Waals surface area contributed by atoms with Crippen LogP contribution in [0.4, 0.5) is 0 Å². The summed E-state index contributed by atoms with van der Waals surface area (Å²) in [5.74, 6) is 1.21. The van der Waals surface area contributed by atoms with Gasteiger partial charge in [-0.1, -0.05) is 0 Å². The SMILES string of the molecule is CCC[CH2][Sn]([CH2]CCC)([CH2]CCC)[C]1=CN(C)CS1. The molecular weight excluding hydrogens is 357 g/mol. The van der Waals surface area contributed by atoms with Crippen LogP contribution in [0.5, 0.6) is 0 Å². The van der Waals surface area contributed by atoms with Crippen LogP contribution < -0.4 is 0 Å². The maximum absolute atomic E-state index is 2.53. The van der Waals surface area contributed by atoms with Gasteiger partial charge in [-0.25, -0.2) is 0 Å². The van der Waals surface area contributed by atoms with Gasteiger partial charge in [-0.15, -0.1) is 0 Å². The van der Waals surface area contributed by atoms with Crippen LogP contribution in [0.25, 0.3) is 0 Å². The summed E-state index contributed by atoms with van der Waals surface area (Å²) in [6.07, 6.45) is 11.1. The summed E-state index contributed by atoms with van der Waals surface area (Å²) in [4.78, 5) is 2.41. The van der Waals surface area contributed by atoms with Gasteiger partial charge in [0.15, 0.2) is 0 Å². The van der Waals surface area contributed by atoms with Crippen molar-refractivity contribution in [2.45, 2.75) is 72.6 Å². The fourth-order valence-electron chi connectivity index (χ4n) is 3.03. The monoisotopic (exact) mass is 391 g/mol. The Morgan fingerprint density at radius 2 is 1.47 bits per heavy atom. The molecule has 0 saturated carbocycles. The minimum absolute atomic E-state index is 1.21. The first-order chi connectivity index (χ1) is 9.18. The molecule has 1 nitrogen and oxygen atoms in total. The van der Waals surface area contributed by atoms with Gasteiger partial charge >= 0.3 is 130 Å². The van der Waals surface area contributed by atoms with E-state index in [2.05, 4.69) is 50.7 Å². The molecule has 0 N–H and O–H groups in total. The molecule has 112 valence electrons. The molecule has 1 aliphatic heterocycles. The summed E-state index contributed by atoms with van der Waals surface area (Å²) in [5, 5.41) is 0. The Bertz CT molecular complexity index is 256. The fraction of sp³-hybridized carbons (Fsp3) is 0.875. The number of unbranched alkanes of at least 4 members (excludes halogenated alkanes) is 3. The van der Waals surface area contributed by atoms with Crippen LogP contribution in [0.1, 0.15) is 59.3 Å². The van der Waals surface area contributed by atoms with Gasteiger partial charge in [0.2, 0.25) is 0 Å². The van der Waals surface area contributed by atoms with Crippen LogP contribution in [-0.4, -0.2) is 36.2 Å². The van der Waals surface area contributed by atoms with E-state index in [-0.39, 0.29) is 0 Å². The summed E-state index contributed by atoms with van der Waals surface area (Å²) in [7, 11) is 2.25. The maximum atomic E-state index is 2.53. The fourth-order valence-corrected chi connectivity index (χ4v) is 23.7. The molecule has 0 aromatic carbocycles. The Labute approximate surface area is 129 Å². The molecule has 19 heavy (non-hydrogen) atoms. The van der Waals surface area contributed by atoms with E-state index in [9.17, 15) is 0 Å². The van der Waals surface area contributed by atoms with Gasteiger partial charge in [0.25, 0.3) is 0 Å². The summed E-state index contributed by atoms with van der Waals surface area (Å²) in [6.45, 7) is 7.08. The number of rotatable bonds is 10. The molecule has 0 aromatic heterocycles. The zero-order valence-corrected chi connectivity index (χ0v) is 17.2. The average molecular weight is 390 g/mol. The van der Waals surface area contributed by atoms with E-state index in [1.165, 1.54) is 44.4 Å². The van der Waals surface area contributed by atoms with Crippen molar-refractivity contribution < 1.29 is 0 Å². The summed E-state index contributed by atoms with van der Waals surface area (Å²) < 4.78 is 6.72. The van der Waals surface area contributed by atoms with E-state index >= 15 is 0 Å². The quantitative estimate of drug-likeness (QED) is 0.431. The van der Waals surface area contributed by atoms with Gasteiger partial charge in [0.05, 0.1) is 0 Å². The predicted octanol–water partition coefficient (Wildman–Crippen LogP) is 5.85. The van der Waals surface area contributed by atoms with Gasteiger partial charge < -0.3 is 0 Å². The molecule has 1 rings (SSSR count).